The van der Waals surface area contributed by atoms with Crippen LogP contribution < -0.4 is 4.80 Å². The number of nitro groups is 1. The lowest BCUT2D eigenvalue weighted by atomic mass is 10.1. The van der Waals surface area contributed by atoms with E-state index < -0.39 is 4.92 Å². The van der Waals surface area contributed by atoms with E-state index in [0.717, 1.165) is 27.8 Å². The standard InChI is InChI=1S/C24H17N5O2S/c30-29(31)20-10-6-7-17(13-20)23-16-32-24(27-19-8-2-1-3-9-19)28(23)26-15-18-14-25-22-12-5-4-11-21(18)22/h1-16,25H. The van der Waals surface area contributed by atoms with Gasteiger partial charge in [0.1, 0.15) is 0 Å². The van der Waals surface area contributed by atoms with Gasteiger partial charge in [0.15, 0.2) is 0 Å². The van der Waals surface area contributed by atoms with Crippen LogP contribution in [0.3, 0.4) is 0 Å². The Kier molecular flexibility index (Phi) is 5.19. The Balaban J connectivity index is 1.66. The van der Waals surface area contributed by atoms with Crippen molar-refractivity contribution in [3.05, 3.63) is 111 Å². The second-order valence-electron chi connectivity index (χ2n) is 7.00. The third-order valence-corrected chi connectivity index (χ3v) is 5.77. The van der Waals surface area contributed by atoms with Gasteiger partial charge in [-0.1, -0.05) is 48.5 Å². The largest absolute Gasteiger partial charge is 0.361 e. The molecule has 0 atom stereocenters. The van der Waals surface area contributed by atoms with Gasteiger partial charge in [0.05, 0.1) is 22.5 Å². The summed E-state index contributed by atoms with van der Waals surface area (Å²) in [7, 11) is 0. The maximum Gasteiger partial charge on any atom is 0.270 e. The minimum atomic E-state index is -0.398. The highest BCUT2D eigenvalue weighted by atomic mass is 32.1. The molecule has 0 saturated carbocycles. The topological polar surface area (TPSA) is 88.6 Å². The summed E-state index contributed by atoms with van der Waals surface area (Å²) >= 11 is 1.43. The molecular formula is C24H17N5O2S. The number of fused-ring (bicyclic) bond motifs is 1. The first-order chi connectivity index (χ1) is 15.7. The number of non-ortho nitro benzene ring substituents is 1. The van der Waals surface area contributed by atoms with Gasteiger partial charge in [0, 0.05) is 45.7 Å². The number of H-pyrrole nitrogens is 1. The zero-order valence-corrected chi connectivity index (χ0v) is 17.6. The summed E-state index contributed by atoms with van der Waals surface area (Å²) < 4.78 is 1.72. The molecule has 0 saturated heterocycles. The Labute approximate surface area is 186 Å². The number of benzene rings is 3. The molecule has 0 radical (unpaired) electrons. The highest BCUT2D eigenvalue weighted by Crippen LogP contribution is 2.25. The summed E-state index contributed by atoms with van der Waals surface area (Å²) in [6, 6.07) is 24.1. The van der Waals surface area contributed by atoms with Gasteiger partial charge in [-0.05, 0) is 18.2 Å². The highest BCUT2D eigenvalue weighted by Gasteiger charge is 2.12. The third kappa shape index (κ3) is 3.86. The smallest absolute Gasteiger partial charge is 0.270 e. The molecule has 3 aromatic carbocycles. The number of nitrogens with zero attached hydrogens (tertiary/aromatic N) is 4. The molecule has 0 aliphatic heterocycles. The summed E-state index contributed by atoms with van der Waals surface area (Å²) in [6.07, 6.45) is 3.68. The molecule has 5 rings (SSSR count). The van der Waals surface area contributed by atoms with Crippen molar-refractivity contribution in [3.8, 4) is 11.3 Å². The first-order valence-electron chi connectivity index (χ1n) is 9.85. The van der Waals surface area contributed by atoms with Crippen molar-refractivity contribution in [1.82, 2.24) is 9.66 Å². The van der Waals surface area contributed by atoms with E-state index in [4.69, 9.17) is 10.1 Å². The van der Waals surface area contributed by atoms with Crippen LogP contribution in [0.5, 0.6) is 0 Å². The number of aromatic nitrogens is 2. The number of rotatable bonds is 5. The zero-order chi connectivity index (χ0) is 21.9. The van der Waals surface area contributed by atoms with Crippen LogP contribution in [0.25, 0.3) is 22.2 Å². The van der Waals surface area contributed by atoms with Gasteiger partial charge in [-0.15, -0.1) is 11.3 Å². The molecule has 0 bridgehead atoms. The Morgan fingerprint density at radius 2 is 1.81 bits per heavy atom. The van der Waals surface area contributed by atoms with Gasteiger partial charge in [-0.3, -0.25) is 10.1 Å². The van der Waals surface area contributed by atoms with Gasteiger partial charge in [-0.2, -0.15) is 5.10 Å². The maximum absolute atomic E-state index is 11.3. The molecule has 0 aliphatic carbocycles. The van der Waals surface area contributed by atoms with Gasteiger partial charge < -0.3 is 4.98 Å². The zero-order valence-electron chi connectivity index (χ0n) is 16.8. The van der Waals surface area contributed by atoms with Crippen molar-refractivity contribution < 1.29 is 4.92 Å². The van der Waals surface area contributed by atoms with Crippen LogP contribution >= 0.6 is 11.3 Å². The minimum absolute atomic E-state index is 0.0300. The first kappa shape index (κ1) is 19.7. The lowest BCUT2D eigenvalue weighted by molar-refractivity contribution is -0.384. The summed E-state index contributed by atoms with van der Waals surface area (Å²) in [5.74, 6) is 0. The lowest BCUT2D eigenvalue weighted by Crippen LogP contribution is -2.11. The molecule has 0 unspecified atom stereocenters. The van der Waals surface area contributed by atoms with Crippen molar-refractivity contribution in [3.63, 3.8) is 0 Å². The van der Waals surface area contributed by atoms with Crippen LogP contribution in [0.15, 0.2) is 101 Å². The van der Waals surface area contributed by atoms with E-state index in [2.05, 4.69) is 4.98 Å². The van der Waals surface area contributed by atoms with Gasteiger partial charge in [0.25, 0.3) is 5.69 Å². The first-order valence-corrected chi connectivity index (χ1v) is 10.7. The summed E-state index contributed by atoms with van der Waals surface area (Å²) in [6.45, 7) is 0. The summed E-state index contributed by atoms with van der Waals surface area (Å²) in [5.41, 5.74) is 4.22. The third-order valence-electron chi connectivity index (χ3n) is 4.95. The van der Waals surface area contributed by atoms with E-state index in [1.807, 2.05) is 72.2 Å². The van der Waals surface area contributed by atoms with Crippen LogP contribution in [0.4, 0.5) is 11.4 Å². The van der Waals surface area contributed by atoms with Crippen LogP contribution in [0, 0.1) is 10.1 Å². The van der Waals surface area contributed by atoms with Crippen molar-refractivity contribution in [2.75, 3.05) is 0 Å². The lowest BCUT2D eigenvalue weighted by Gasteiger charge is -2.04. The molecule has 0 amide bonds. The highest BCUT2D eigenvalue weighted by molar-refractivity contribution is 7.07. The van der Waals surface area contributed by atoms with E-state index >= 15 is 0 Å². The van der Waals surface area contributed by atoms with E-state index in [-0.39, 0.29) is 5.69 Å². The van der Waals surface area contributed by atoms with Crippen molar-refractivity contribution in [1.29, 1.82) is 0 Å². The number of aromatic amines is 1. The molecule has 32 heavy (non-hydrogen) atoms. The van der Waals surface area contributed by atoms with Crippen molar-refractivity contribution in [2.24, 2.45) is 10.1 Å². The predicted octanol–water partition coefficient (Wildman–Crippen LogP) is 5.72. The molecule has 0 fully saturated rings. The summed E-state index contributed by atoms with van der Waals surface area (Å²) in [5, 5.41) is 19.0. The van der Waals surface area contributed by atoms with E-state index in [1.165, 1.54) is 17.4 Å². The molecule has 7 nitrogen and oxygen atoms in total. The molecule has 1 N–H and O–H groups in total. The fourth-order valence-electron chi connectivity index (χ4n) is 3.40. The summed E-state index contributed by atoms with van der Waals surface area (Å²) in [4.78, 5) is 19.5. The predicted molar refractivity (Wildman–Crippen MR) is 127 cm³/mol. The number of hydrogen-bond acceptors (Lipinski definition) is 5. The van der Waals surface area contributed by atoms with Gasteiger partial charge in [-0.25, -0.2) is 9.67 Å². The number of hydrogen-bond donors (Lipinski definition) is 1. The van der Waals surface area contributed by atoms with E-state index in [1.54, 1.807) is 23.0 Å². The number of nitro benzene ring substituents is 1. The number of para-hydroxylation sites is 2. The Morgan fingerprint density at radius 1 is 1.00 bits per heavy atom. The fraction of sp³-hybridized carbons (Fsp3) is 0. The minimum Gasteiger partial charge on any atom is -0.361 e. The molecule has 0 spiro atoms. The maximum atomic E-state index is 11.3. The molecule has 156 valence electrons. The average Bonchev–Trinajstić information content (AvgIpc) is 3.42. The van der Waals surface area contributed by atoms with E-state index in [9.17, 15) is 10.1 Å². The SMILES string of the molecule is O=[N+]([O-])c1cccc(-c2csc(=Nc3ccccc3)n2N=Cc2c[nH]c3ccccc23)c1. The number of nitrogens with one attached hydrogen (secondary N) is 1. The van der Waals surface area contributed by atoms with Gasteiger partial charge in [0.2, 0.25) is 4.80 Å². The monoisotopic (exact) mass is 439 g/mol. The number of thiazole rings is 1. The van der Waals surface area contributed by atoms with Crippen molar-refractivity contribution in [2.45, 2.75) is 0 Å². The quantitative estimate of drug-likeness (QED) is 0.216. The second kappa shape index (κ2) is 8.44. The van der Waals surface area contributed by atoms with Crippen LogP contribution in [0.2, 0.25) is 0 Å². The Morgan fingerprint density at radius 3 is 2.66 bits per heavy atom. The van der Waals surface area contributed by atoms with Crippen LogP contribution in [0.1, 0.15) is 5.56 Å². The molecule has 8 heteroatoms. The Hall–Kier alpha value is -4.30. The van der Waals surface area contributed by atoms with Crippen LogP contribution in [-0.2, 0) is 0 Å². The average molecular weight is 440 g/mol. The molecule has 0 aliphatic rings. The molecule has 2 heterocycles. The molecule has 5 aromatic rings. The Bertz CT molecular complexity index is 1510. The second-order valence-corrected chi connectivity index (χ2v) is 7.84. The van der Waals surface area contributed by atoms with Crippen molar-refractivity contribution >= 4 is 39.8 Å². The van der Waals surface area contributed by atoms with Crippen LogP contribution in [-0.4, -0.2) is 20.8 Å². The van der Waals surface area contributed by atoms with Gasteiger partial charge >= 0.3 is 0 Å². The molecular weight excluding hydrogens is 422 g/mol. The molecule has 2 aromatic heterocycles. The van der Waals surface area contributed by atoms with E-state index in [0.29, 0.717) is 10.4 Å². The fourth-order valence-corrected chi connectivity index (χ4v) is 4.26. The normalized spacial score (nSPS) is 12.1.